The molecule has 3 rings (SSSR count). The maximum absolute atomic E-state index is 13.4. The van der Waals surface area contributed by atoms with E-state index in [2.05, 4.69) is 10.2 Å². The maximum Gasteiger partial charge on any atom is 0.438 e. The highest BCUT2D eigenvalue weighted by Gasteiger charge is 2.63. The van der Waals surface area contributed by atoms with Gasteiger partial charge in [-0.1, -0.05) is 0 Å². The molecule has 0 aromatic carbocycles. The number of aryl methyl sites for hydroxylation is 1. The molecule has 1 amide bonds. The van der Waals surface area contributed by atoms with Crippen molar-refractivity contribution in [1.82, 2.24) is 19.1 Å². The van der Waals surface area contributed by atoms with Gasteiger partial charge in [0.05, 0.1) is 12.1 Å². The molecule has 2 aliphatic heterocycles. The predicted octanol–water partition coefficient (Wildman–Crippen LogP) is 0.680. The molecular formula is C15H20F3N5O4S. The van der Waals surface area contributed by atoms with Crippen LogP contribution in [0.15, 0.2) is 22.4 Å². The van der Waals surface area contributed by atoms with Crippen molar-refractivity contribution in [2.24, 2.45) is 18.1 Å². The Bertz CT molecular complexity index is 913. The van der Waals surface area contributed by atoms with Crippen LogP contribution in [-0.2, 0) is 21.9 Å². The number of carbonyl (C=O) groups is 1. The number of hydrogen-bond donors (Lipinski definition) is 1. The monoisotopic (exact) mass is 423 g/mol. The third-order valence-corrected chi connectivity index (χ3v) is 6.66. The number of rotatable bonds is 3. The Morgan fingerprint density at radius 2 is 2.07 bits per heavy atom. The van der Waals surface area contributed by atoms with E-state index >= 15 is 0 Å². The molecule has 1 N–H and O–H groups in total. The van der Waals surface area contributed by atoms with Crippen molar-refractivity contribution < 1.29 is 31.5 Å². The molecule has 0 saturated carbocycles. The highest BCUT2D eigenvalue weighted by molar-refractivity contribution is 7.89. The smallest absolute Gasteiger partial charge is 0.362 e. The van der Waals surface area contributed by atoms with Crippen LogP contribution in [0, 0.1) is 5.92 Å². The average Bonchev–Trinajstić information content (AvgIpc) is 3.18. The summed E-state index contributed by atoms with van der Waals surface area (Å²) in [5.41, 5.74) is -3.46. The first-order valence-corrected chi connectivity index (χ1v) is 9.96. The van der Waals surface area contributed by atoms with Crippen LogP contribution >= 0.6 is 0 Å². The first kappa shape index (κ1) is 20.7. The molecule has 3 heterocycles. The minimum Gasteiger partial charge on any atom is -0.362 e. The van der Waals surface area contributed by atoms with Crippen molar-refractivity contribution >= 4 is 21.6 Å². The van der Waals surface area contributed by atoms with E-state index in [-0.39, 0.29) is 41.5 Å². The van der Waals surface area contributed by atoms with Crippen molar-refractivity contribution in [3.63, 3.8) is 0 Å². The highest BCUT2D eigenvalue weighted by Crippen LogP contribution is 2.41. The fourth-order valence-electron chi connectivity index (χ4n) is 3.39. The molecule has 0 spiro atoms. The lowest BCUT2D eigenvalue weighted by Crippen LogP contribution is -2.59. The van der Waals surface area contributed by atoms with Crippen LogP contribution in [0.1, 0.15) is 26.2 Å². The Labute approximate surface area is 159 Å². The minimum absolute atomic E-state index is 0.0381. The topological polar surface area (TPSA) is 108 Å². The van der Waals surface area contributed by atoms with Gasteiger partial charge in [-0.05, 0) is 19.8 Å². The number of hydrogen-bond acceptors (Lipinski definition) is 6. The van der Waals surface area contributed by atoms with Crippen molar-refractivity contribution in [3.05, 3.63) is 12.4 Å². The summed E-state index contributed by atoms with van der Waals surface area (Å²) in [7, 11) is -2.39. The van der Waals surface area contributed by atoms with Crippen molar-refractivity contribution in [3.8, 4) is 0 Å². The van der Waals surface area contributed by atoms with Crippen molar-refractivity contribution in [2.45, 2.75) is 43.0 Å². The Morgan fingerprint density at radius 1 is 1.39 bits per heavy atom. The van der Waals surface area contributed by atoms with Gasteiger partial charge in [-0.25, -0.2) is 8.42 Å². The van der Waals surface area contributed by atoms with Crippen LogP contribution < -0.4 is 0 Å². The van der Waals surface area contributed by atoms with E-state index in [0.29, 0.717) is 0 Å². The van der Waals surface area contributed by atoms with Crippen LogP contribution in [0.2, 0.25) is 0 Å². The Balaban J connectivity index is 1.83. The van der Waals surface area contributed by atoms with Gasteiger partial charge in [0, 0.05) is 38.5 Å². The first-order valence-electron chi connectivity index (χ1n) is 8.52. The molecular weight excluding hydrogens is 403 g/mol. The second kappa shape index (κ2) is 6.81. The Hall–Kier alpha value is -1.99. The number of amides is 1. The number of alkyl halides is 3. The molecule has 156 valence electrons. The summed E-state index contributed by atoms with van der Waals surface area (Å²) in [6.45, 7) is 1.12. The van der Waals surface area contributed by atoms with Crippen LogP contribution in [-0.4, -0.2) is 69.2 Å². The number of piperidine rings is 1. The maximum atomic E-state index is 13.4. The molecule has 0 radical (unpaired) electrons. The number of hydrazone groups is 1. The van der Waals surface area contributed by atoms with Crippen LogP contribution in [0.4, 0.5) is 13.2 Å². The number of halogens is 3. The summed E-state index contributed by atoms with van der Waals surface area (Å²) in [6.07, 6.45) is -2.99. The molecule has 1 fully saturated rings. The lowest BCUT2D eigenvalue weighted by atomic mass is 9.97. The standard InChI is InChI=1S/C15H20F3N5O4S/c1-10-6-14(25,15(16,17)18)23(20-10)13(24)11-4-3-5-22(8-11)28(26,27)12-7-19-21(2)9-12/h7,9,11,25H,3-6,8H2,1-2H3. The first-order chi connectivity index (χ1) is 12.9. The van der Waals surface area contributed by atoms with Crippen LogP contribution in [0.3, 0.4) is 0 Å². The molecule has 2 aliphatic rings. The zero-order valence-corrected chi connectivity index (χ0v) is 16.0. The number of aromatic nitrogens is 2. The zero-order valence-electron chi connectivity index (χ0n) is 15.2. The van der Waals surface area contributed by atoms with E-state index in [1.807, 2.05) is 0 Å². The molecule has 2 unspecified atom stereocenters. The third-order valence-electron chi connectivity index (χ3n) is 4.84. The van der Waals surface area contributed by atoms with Gasteiger partial charge >= 0.3 is 6.18 Å². The van der Waals surface area contributed by atoms with E-state index in [4.69, 9.17) is 0 Å². The van der Waals surface area contributed by atoms with Gasteiger partial charge < -0.3 is 5.11 Å². The Kier molecular flexibility index (Phi) is 5.04. The molecule has 9 nitrogen and oxygen atoms in total. The van der Waals surface area contributed by atoms with Gasteiger partial charge in [0.15, 0.2) is 0 Å². The summed E-state index contributed by atoms with van der Waals surface area (Å²) >= 11 is 0. The van der Waals surface area contributed by atoms with Gasteiger partial charge in [-0.2, -0.15) is 32.7 Å². The van der Waals surface area contributed by atoms with E-state index < -0.39 is 40.2 Å². The third kappa shape index (κ3) is 3.42. The quantitative estimate of drug-likeness (QED) is 0.769. The summed E-state index contributed by atoms with van der Waals surface area (Å²) in [5.74, 6) is -2.11. The van der Waals surface area contributed by atoms with Crippen molar-refractivity contribution in [2.75, 3.05) is 13.1 Å². The van der Waals surface area contributed by atoms with E-state index in [9.17, 15) is 31.5 Å². The number of nitrogens with zero attached hydrogens (tertiary/aromatic N) is 5. The summed E-state index contributed by atoms with van der Waals surface area (Å²) in [6, 6.07) is 0. The summed E-state index contributed by atoms with van der Waals surface area (Å²) in [4.78, 5) is 12.7. The number of sulfonamides is 1. The summed E-state index contributed by atoms with van der Waals surface area (Å²) in [5, 5.41) is 17.5. The highest BCUT2D eigenvalue weighted by atomic mass is 32.2. The van der Waals surface area contributed by atoms with Gasteiger partial charge in [-0.3, -0.25) is 9.48 Å². The summed E-state index contributed by atoms with van der Waals surface area (Å²) < 4.78 is 67.9. The van der Waals surface area contributed by atoms with Gasteiger partial charge in [0.2, 0.25) is 15.9 Å². The second-order valence-corrected chi connectivity index (χ2v) is 8.97. The second-order valence-electron chi connectivity index (χ2n) is 7.03. The normalized spacial score (nSPS) is 27.1. The number of aliphatic hydroxyl groups is 1. The molecule has 2 atom stereocenters. The van der Waals surface area contributed by atoms with E-state index in [0.717, 1.165) is 10.5 Å². The van der Waals surface area contributed by atoms with Gasteiger partial charge in [-0.15, -0.1) is 0 Å². The molecule has 13 heteroatoms. The largest absolute Gasteiger partial charge is 0.438 e. The fraction of sp³-hybridized carbons (Fsp3) is 0.667. The predicted molar refractivity (Wildman–Crippen MR) is 90.3 cm³/mol. The fourth-order valence-corrected chi connectivity index (χ4v) is 4.90. The lowest BCUT2D eigenvalue weighted by molar-refractivity contribution is -0.303. The molecule has 28 heavy (non-hydrogen) atoms. The molecule has 1 aromatic rings. The SMILES string of the molecule is CC1=NN(C(=O)C2CCCN(S(=O)(=O)c3cnn(C)c3)C2)C(O)(C(F)(F)F)C1. The van der Waals surface area contributed by atoms with Gasteiger partial charge in [0.25, 0.3) is 5.72 Å². The van der Waals surface area contributed by atoms with Crippen LogP contribution in [0.25, 0.3) is 0 Å². The van der Waals surface area contributed by atoms with Crippen LogP contribution in [0.5, 0.6) is 0 Å². The Morgan fingerprint density at radius 3 is 2.64 bits per heavy atom. The molecule has 0 bridgehead atoms. The van der Waals surface area contributed by atoms with E-state index in [1.165, 1.54) is 17.8 Å². The van der Waals surface area contributed by atoms with E-state index in [1.54, 1.807) is 7.05 Å². The zero-order chi connectivity index (χ0) is 20.9. The molecule has 1 aromatic heterocycles. The molecule has 0 aliphatic carbocycles. The average molecular weight is 423 g/mol. The lowest BCUT2D eigenvalue weighted by Gasteiger charge is -2.37. The van der Waals surface area contributed by atoms with Gasteiger partial charge in [0.1, 0.15) is 4.90 Å². The van der Waals surface area contributed by atoms with Crippen molar-refractivity contribution in [1.29, 1.82) is 0 Å². The number of carbonyl (C=O) groups excluding carboxylic acids is 1. The minimum atomic E-state index is -5.10. The molecule has 1 saturated heterocycles.